The van der Waals surface area contributed by atoms with Crippen molar-refractivity contribution in [2.75, 3.05) is 124 Å². The smallest absolute Gasteiger partial charge is 0.330 e. The van der Waals surface area contributed by atoms with Gasteiger partial charge < -0.3 is 110 Å². The van der Waals surface area contributed by atoms with Crippen LogP contribution in [0.15, 0.2) is 98.3 Å². The van der Waals surface area contributed by atoms with Gasteiger partial charge in [0.05, 0.1) is 48.4 Å². The Morgan fingerprint density at radius 1 is 0.379 bits per heavy atom. The fourth-order valence-electron chi connectivity index (χ4n) is 16.0. The number of aliphatic hydroxyl groups excluding tert-OH is 12. The molecule has 6 saturated heterocycles. The Morgan fingerprint density at radius 3 is 0.945 bits per heavy atom. The molecule has 0 radical (unpaired) electrons. The van der Waals surface area contributed by atoms with E-state index in [-0.39, 0.29) is 70.2 Å². The van der Waals surface area contributed by atoms with E-state index in [2.05, 4.69) is 147 Å². The lowest BCUT2D eigenvalue weighted by atomic mass is 10.1. The molecule has 7 aliphatic rings. The van der Waals surface area contributed by atoms with Crippen molar-refractivity contribution in [3.05, 3.63) is 176 Å². The lowest BCUT2D eigenvalue weighted by molar-refractivity contribution is -0.120. The molecule has 45 nitrogen and oxygen atoms in total. The molecular weight excluding hydrogens is 2030 g/mol. The molecular formula is C93H151N13O32P6S. The topological polar surface area (TPSA) is 660 Å². The van der Waals surface area contributed by atoms with Crippen LogP contribution in [0.5, 0.6) is 5.75 Å². The Hall–Kier alpha value is -7.74. The zero-order valence-corrected chi connectivity index (χ0v) is 91.8. The third kappa shape index (κ3) is 35.7. The summed E-state index contributed by atoms with van der Waals surface area (Å²) in [5.41, 5.74) is -4.04. The van der Waals surface area contributed by atoms with Gasteiger partial charge >= 0.3 is 22.8 Å². The number of hydrogen-bond donors (Lipinski definition) is 19. The molecule has 12 heterocycles. The zero-order chi connectivity index (χ0) is 110. The molecule has 0 aliphatic carbocycles. The van der Waals surface area contributed by atoms with Crippen molar-refractivity contribution in [1.29, 1.82) is 0 Å². The van der Waals surface area contributed by atoms with Crippen molar-refractivity contribution in [2.24, 2.45) is 0 Å². The van der Waals surface area contributed by atoms with Gasteiger partial charge in [0.2, 0.25) is 11.7 Å². The van der Waals surface area contributed by atoms with E-state index in [1.54, 1.807) is 31.1 Å². The Kier molecular flexibility index (Phi) is 44.8. The quantitative estimate of drug-likeness (QED) is 0.0174. The first-order valence-corrected chi connectivity index (χ1v) is 65.8. The summed E-state index contributed by atoms with van der Waals surface area (Å²) in [6.45, 7) is 29.9. The predicted octanol–water partition coefficient (Wildman–Crippen LogP) is -1.16. The number of aromatic amines is 5. The molecule has 5 aromatic rings. The Balaban J connectivity index is 0.000000236. The van der Waals surface area contributed by atoms with Crippen LogP contribution >= 0.6 is 53.5 Å². The maximum atomic E-state index is 12.1. The number of carbonyl (C=O) groups excluding carboxylic acids is 4. The second-order valence-corrected chi connectivity index (χ2v) is 67.8. The van der Waals surface area contributed by atoms with Crippen LogP contribution in [0.25, 0.3) is 0 Å². The van der Waals surface area contributed by atoms with Crippen LogP contribution in [-0.4, -0.2) is 415 Å². The standard InChI is InChI=1S/C16H26N3O6P.C16H25N2O7P.C16H25N2O6P.C15H25N2O5P.C15H25N2O4PS.C15H25N2O4P/c1-9(20)17-7-10-8-19(16(24)18-14(10)23)15-13(22)12(21)11(25-15)5-6-26(2,3)4;1-9(19)8-24-11-7-18(16(23)17-14(11)22)15-13(21)12(20)10(25-15)5-6-26(2,3)4;1-9(19)7-10-8-18(16(23)17-14(10)22)15-13(21)12(20)11(24-15)5-6-25(2,3)4;1-5-9-8-17(15(21)16-13(9)20)14-12(19)11(18)10(22-14)6-7-23(2,3)4;1-5-9-8-17(15(23)16-13(9)20)14-12(19)11(18)10(21-14)6-7-22(2,3)4;1-9-8-17(10(2)16-14(9)20)15-13(19)12(18)11(21-15)6-7-22(3,4)5/h8,11-13,15,21-22H,2,5-7H2,1,3-4H3,(H,17,20)(H,18,23,24);7,10,12-13,15,20-21H,2,5-6,8H2,1,3-4H3,(H,17,22,23);8,11-13,15,20-21H,2,5-7H2,1,3-4H3,(H,17,22,23);8,10-12,14,18-19H,2,5-7H2,1,3-4H3,(H,16,20,21);8,10-12,14,18-19H,2,5-7H2,1,3-4H3,(H,16,20,23);8,11-13,15,18-19H,2-3,6-7H2,1,4-5H3,(H,16,20)/t11-,12-,13-,15?;10-,12-,13-,15?;11-,12-,13-,15?;2*10-,11-,12-,14?;11-,12-,13-,15?/m111111/s1. The second kappa shape index (κ2) is 52.3. The van der Waals surface area contributed by atoms with Crippen LogP contribution in [0.2, 0.25) is 0 Å². The molecule has 52 heteroatoms. The van der Waals surface area contributed by atoms with Crippen LogP contribution in [0, 0.1) is 4.77 Å². The lowest BCUT2D eigenvalue weighted by Gasteiger charge is -2.34. The summed E-state index contributed by atoms with van der Waals surface area (Å²) < 4.78 is 45.4. The average Bonchev–Trinajstić information content (AvgIpc) is 1.68. The van der Waals surface area contributed by atoms with Gasteiger partial charge in [-0.25, -0.2) is 19.2 Å². The van der Waals surface area contributed by atoms with E-state index in [1.165, 1.54) is 43.9 Å². The first-order valence-electron chi connectivity index (χ1n) is 47.1. The average molecular weight is 2180 g/mol. The largest absolute Gasteiger partial charge is 0.479 e. The van der Waals surface area contributed by atoms with Crippen LogP contribution in [-0.2, 0) is 73.4 Å². The third-order valence-corrected chi connectivity index (χ3v) is 33.4. The lowest BCUT2D eigenvalue weighted by Crippen LogP contribution is -2.47. The van der Waals surface area contributed by atoms with Crippen molar-refractivity contribution >= 4 is 115 Å². The van der Waals surface area contributed by atoms with Gasteiger partial charge in [-0.1, -0.05) is 20.4 Å². The second-order valence-electron chi connectivity index (χ2n) is 41.5. The van der Waals surface area contributed by atoms with E-state index in [1.807, 2.05) is 20.3 Å². The summed E-state index contributed by atoms with van der Waals surface area (Å²) in [5.74, 6) is -1.00. The van der Waals surface area contributed by atoms with E-state index in [4.69, 9.17) is 45.4 Å². The number of H-pyrrole nitrogens is 5. The maximum absolute atomic E-state index is 12.1. The summed E-state index contributed by atoms with van der Waals surface area (Å²) in [6, 6.07) is 0. The van der Waals surface area contributed by atoms with Gasteiger partial charge in [0.25, 0.3) is 33.7 Å². The Morgan fingerprint density at radius 2 is 0.641 bits per heavy atom. The number of hydrogen-bond acceptors (Lipinski definition) is 34. The van der Waals surface area contributed by atoms with E-state index >= 15 is 0 Å². The highest BCUT2D eigenvalue weighted by molar-refractivity contribution is 7.74. The van der Waals surface area contributed by atoms with Gasteiger partial charge in [-0.15, -0.1) is 79.1 Å². The van der Waals surface area contributed by atoms with E-state index in [0.717, 1.165) is 61.4 Å². The minimum absolute atomic E-state index is 0.0695. The van der Waals surface area contributed by atoms with Gasteiger partial charge in [0.15, 0.2) is 47.9 Å². The van der Waals surface area contributed by atoms with Crippen molar-refractivity contribution in [1.82, 2.24) is 63.3 Å². The summed E-state index contributed by atoms with van der Waals surface area (Å²) in [7, 11) is 0. The molecule has 0 spiro atoms. The molecule has 6 fully saturated rings. The summed E-state index contributed by atoms with van der Waals surface area (Å²) in [5, 5.41) is 128. The van der Waals surface area contributed by atoms with Crippen molar-refractivity contribution in [2.45, 2.75) is 253 Å². The van der Waals surface area contributed by atoms with Crippen LogP contribution in [0.1, 0.15) is 133 Å². The number of aromatic nitrogens is 10. The molecule has 0 aromatic carbocycles. The SMILES string of the molecule is C=C1NC(=O)C(C)=CN1C1O[C@H](CCP(=C)(C)C)[C@@H](O)[C@H]1O.C=P(C)(C)CC[C@H]1OC(n2cc(CC(C)=O)c(=O)[nH]c2=O)[C@H](O)[C@@H]1O.C=P(C)(C)CC[C@H]1OC(n2cc(CC)c(=O)[nH]c2=O)[C@H](O)[C@@H]1O.C=P(C)(C)CC[C@H]1OC(n2cc(CC)c(=O)[nH]c2=S)[C@H](O)[C@@H]1O.C=P(C)(C)CC[C@H]1OC(n2cc(CNC(C)=O)c(=O)[nH]c2=O)[C@H](O)[C@@H]1O.C=P(C)(C)CC[C@H]1OC(n2cc(OCC(C)=O)c(=O)[nH]c2=O)[C@H](O)[C@@H]1O. The normalized spacial score (nSPS) is 27.9. The zero-order valence-electron chi connectivity index (χ0n) is 85.6. The van der Waals surface area contributed by atoms with Crippen molar-refractivity contribution < 1.29 is 114 Å². The van der Waals surface area contributed by atoms with Crippen molar-refractivity contribution in [3.8, 4) is 5.75 Å². The highest BCUT2D eigenvalue weighted by Gasteiger charge is 2.51. The molecule has 816 valence electrons. The number of aryl methyl sites for hydroxylation is 2. The molecule has 12 rings (SSSR count). The molecule has 6 unspecified atom stereocenters. The minimum Gasteiger partial charge on any atom is -0.479 e. The predicted molar refractivity (Wildman–Crippen MR) is 573 cm³/mol. The van der Waals surface area contributed by atoms with Gasteiger partial charge in [-0.3, -0.25) is 90.9 Å². The number of rotatable bonds is 33. The number of carbonyl (C=O) groups is 4. The molecule has 0 bridgehead atoms. The van der Waals surface area contributed by atoms with E-state index < -0.39 is 234 Å². The fourth-order valence-corrected chi connectivity index (χ4v) is 21.9. The number of amides is 2. The van der Waals surface area contributed by atoms with Gasteiger partial charge in [0.1, 0.15) is 91.5 Å². The highest BCUT2D eigenvalue weighted by Crippen LogP contribution is 2.46. The summed E-state index contributed by atoms with van der Waals surface area (Å²) in [4.78, 5) is 165. The molecule has 0 saturated carbocycles. The van der Waals surface area contributed by atoms with E-state index in [9.17, 15) is 124 Å². The molecule has 145 heavy (non-hydrogen) atoms. The first kappa shape index (κ1) is 124. The number of aliphatic hydroxyl groups is 12. The van der Waals surface area contributed by atoms with Gasteiger partial charge in [-0.2, -0.15) is 0 Å². The maximum Gasteiger partial charge on any atom is 0.330 e. The summed E-state index contributed by atoms with van der Waals surface area (Å²) >= 11 is 5.17. The number of Topliss-reactive ketones (excluding diaryl/α,β-unsaturated/α-hetero) is 2. The number of ether oxygens (including phenoxy) is 7. The third-order valence-electron chi connectivity index (χ3n) is 24.3. The molecule has 7 aliphatic heterocycles. The van der Waals surface area contributed by atoms with Crippen LogP contribution < -0.4 is 65.9 Å². The number of ketones is 2. The fraction of sp³-hybridized carbons (Fsp3) is 0.634. The van der Waals surface area contributed by atoms with E-state index in [0.29, 0.717) is 73.9 Å². The molecule has 2 amide bonds. The molecule has 5 aromatic heterocycles. The number of nitrogens with zero attached hydrogens (tertiary/aromatic N) is 6. The Labute approximate surface area is 845 Å². The first-order chi connectivity index (χ1) is 66.8. The molecule has 19 N–H and O–H groups in total. The van der Waals surface area contributed by atoms with Crippen molar-refractivity contribution in [3.63, 3.8) is 0 Å². The van der Waals surface area contributed by atoms with Gasteiger partial charge in [-0.05, 0) is 201 Å². The van der Waals surface area contributed by atoms with Crippen LogP contribution in [0.4, 0.5) is 0 Å². The minimum atomic E-state index is -1.35. The summed E-state index contributed by atoms with van der Waals surface area (Å²) in [6.07, 6.45) is 18.7. The number of nitrogens with one attached hydrogen (secondary N) is 7. The monoisotopic (exact) mass is 2180 g/mol. The van der Waals surface area contributed by atoms with Gasteiger partial charge in [0, 0.05) is 73.1 Å². The van der Waals surface area contributed by atoms with Crippen LogP contribution in [0.3, 0.4) is 0 Å². The highest BCUT2D eigenvalue weighted by atomic mass is 32.1. The Bertz CT molecular complexity index is 6140. The molecule has 24 atom stereocenters.